The molecule has 1 fully saturated rings. The summed E-state index contributed by atoms with van der Waals surface area (Å²) in [6, 6.07) is 13.5. The first-order chi connectivity index (χ1) is 12.0. The highest BCUT2D eigenvalue weighted by Crippen LogP contribution is 2.31. The monoisotopic (exact) mass is 358 g/mol. The molecule has 4 nitrogen and oxygen atoms in total. The average Bonchev–Trinajstić information content (AvgIpc) is 3.43. The lowest BCUT2D eigenvalue weighted by Gasteiger charge is -2.13. The van der Waals surface area contributed by atoms with Crippen molar-refractivity contribution in [2.45, 2.75) is 29.9 Å². The van der Waals surface area contributed by atoms with Gasteiger partial charge in [-0.15, -0.1) is 11.8 Å². The highest BCUT2D eigenvalue weighted by Gasteiger charge is 2.29. The fourth-order valence-corrected chi connectivity index (χ4v) is 3.13. The molecule has 1 saturated carbocycles. The van der Waals surface area contributed by atoms with Crippen LogP contribution in [0.1, 0.15) is 19.8 Å². The molecule has 1 atom stereocenters. The summed E-state index contributed by atoms with van der Waals surface area (Å²) in [5, 5.41) is 5.09. The Bertz CT molecular complexity index is 775. The molecule has 0 aromatic heterocycles. The highest BCUT2D eigenvalue weighted by atomic mass is 32.2. The molecule has 25 heavy (non-hydrogen) atoms. The number of carbonyl (C=O) groups excluding carboxylic acids is 2. The maximum atomic E-state index is 13.6. The zero-order valence-electron chi connectivity index (χ0n) is 13.8. The van der Waals surface area contributed by atoms with Gasteiger partial charge >= 0.3 is 0 Å². The van der Waals surface area contributed by atoms with Crippen molar-refractivity contribution < 1.29 is 14.0 Å². The van der Waals surface area contributed by atoms with Crippen LogP contribution in [0.4, 0.5) is 15.8 Å². The quantitative estimate of drug-likeness (QED) is 0.757. The van der Waals surface area contributed by atoms with Gasteiger partial charge in [-0.05, 0) is 56.2 Å². The second-order valence-electron chi connectivity index (χ2n) is 6.02. The number of hydrogen-bond acceptors (Lipinski definition) is 3. The molecule has 130 valence electrons. The minimum absolute atomic E-state index is 0.0676. The lowest BCUT2D eigenvalue weighted by Crippen LogP contribution is -2.22. The molecule has 1 aliphatic rings. The van der Waals surface area contributed by atoms with Crippen molar-refractivity contribution in [2.24, 2.45) is 5.92 Å². The SMILES string of the molecule is CC(Sc1ccc(NC(=O)C2CC2)cc1)C(=O)Nc1ccccc1F. The van der Waals surface area contributed by atoms with E-state index in [-0.39, 0.29) is 28.7 Å². The number of anilines is 2. The van der Waals surface area contributed by atoms with Gasteiger partial charge in [-0.25, -0.2) is 4.39 Å². The lowest BCUT2D eigenvalue weighted by molar-refractivity contribution is -0.117. The first-order valence-corrected chi connectivity index (χ1v) is 9.04. The highest BCUT2D eigenvalue weighted by molar-refractivity contribution is 8.00. The summed E-state index contributed by atoms with van der Waals surface area (Å²) in [5.41, 5.74) is 0.933. The fourth-order valence-electron chi connectivity index (χ4n) is 2.26. The molecule has 2 aromatic rings. The second kappa shape index (κ2) is 7.70. The lowest BCUT2D eigenvalue weighted by atomic mass is 10.3. The van der Waals surface area contributed by atoms with Crippen LogP contribution in [0.2, 0.25) is 0 Å². The van der Waals surface area contributed by atoms with Gasteiger partial charge in [0.15, 0.2) is 0 Å². The number of thioether (sulfide) groups is 1. The van der Waals surface area contributed by atoms with Crippen molar-refractivity contribution >= 4 is 35.0 Å². The molecule has 0 spiro atoms. The zero-order chi connectivity index (χ0) is 17.8. The first kappa shape index (κ1) is 17.5. The third kappa shape index (κ3) is 4.82. The van der Waals surface area contributed by atoms with E-state index in [0.717, 1.165) is 23.4 Å². The molecule has 1 unspecified atom stereocenters. The topological polar surface area (TPSA) is 58.2 Å². The van der Waals surface area contributed by atoms with E-state index in [0.29, 0.717) is 0 Å². The Hall–Kier alpha value is -2.34. The van der Waals surface area contributed by atoms with Gasteiger partial charge in [0.1, 0.15) is 5.82 Å². The Morgan fingerprint density at radius 1 is 1.08 bits per heavy atom. The summed E-state index contributed by atoms with van der Waals surface area (Å²) in [6.07, 6.45) is 1.93. The number of rotatable bonds is 6. The number of hydrogen-bond donors (Lipinski definition) is 2. The Morgan fingerprint density at radius 3 is 2.40 bits per heavy atom. The number of carbonyl (C=O) groups is 2. The van der Waals surface area contributed by atoms with Gasteiger partial charge in [0.05, 0.1) is 10.9 Å². The molecule has 6 heteroatoms. The van der Waals surface area contributed by atoms with Crippen molar-refractivity contribution in [1.29, 1.82) is 0 Å². The predicted molar refractivity (Wildman–Crippen MR) is 98.1 cm³/mol. The fraction of sp³-hybridized carbons (Fsp3) is 0.263. The van der Waals surface area contributed by atoms with Gasteiger partial charge < -0.3 is 10.6 Å². The van der Waals surface area contributed by atoms with Crippen LogP contribution in [0.15, 0.2) is 53.4 Å². The maximum Gasteiger partial charge on any atom is 0.237 e. The summed E-state index contributed by atoms with van der Waals surface area (Å²) in [7, 11) is 0. The smallest absolute Gasteiger partial charge is 0.237 e. The van der Waals surface area contributed by atoms with Gasteiger partial charge in [0.2, 0.25) is 11.8 Å². The number of amides is 2. The number of nitrogens with one attached hydrogen (secondary N) is 2. The molecule has 0 bridgehead atoms. The van der Waals surface area contributed by atoms with Gasteiger partial charge in [-0.2, -0.15) is 0 Å². The Balaban J connectivity index is 1.54. The van der Waals surface area contributed by atoms with Crippen LogP contribution in [0, 0.1) is 11.7 Å². The van der Waals surface area contributed by atoms with Crippen LogP contribution < -0.4 is 10.6 Å². The van der Waals surface area contributed by atoms with E-state index in [1.165, 1.54) is 23.9 Å². The van der Waals surface area contributed by atoms with E-state index >= 15 is 0 Å². The minimum atomic E-state index is -0.455. The molecule has 2 N–H and O–H groups in total. The predicted octanol–water partition coefficient (Wildman–Crippen LogP) is 4.29. The van der Waals surface area contributed by atoms with Gasteiger partial charge in [0.25, 0.3) is 0 Å². The van der Waals surface area contributed by atoms with Crippen LogP contribution in [-0.2, 0) is 9.59 Å². The van der Waals surface area contributed by atoms with Gasteiger partial charge in [0, 0.05) is 16.5 Å². The summed E-state index contributed by atoms with van der Waals surface area (Å²) in [4.78, 5) is 24.8. The molecule has 0 heterocycles. The minimum Gasteiger partial charge on any atom is -0.326 e. The molecule has 0 radical (unpaired) electrons. The summed E-state index contributed by atoms with van der Waals surface area (Å²) in [5.74, 6) is -0.487. The van der Waals surface area contributed by atoms with Crippen molar-refractivity contribution in [2.75, 3.05) is 10.6 Å². The van der Waals surface area contributed by atoms with Crippen molar-refractivity contribution in [3.05, 3.63) is 54.3 Å². The summed E-state index contributed by atoms with van der Waals surface area (Å²) < 4.78 is 13.6. The van der Waals surface area contributed by atoms with Crippen LogP contribution in [-0.4, -0.2) is 17.1 Å². The van der Waals surface area contributed by atoms with E-state index in [4.69, 9.17) is 0 Å². The van der Waals surface area contributed by atoms with Gasteiger partial charge in [-0.1, -0.05) is 12.1 Å². The normalized spacial score (nSPS) is 14.6. The summed E-state index contributed by atoms with van der Waals surface area (Å²) in [6.45, 7) is 1.77. The third-order valence-electron chi connectivity index (χ3n) is 3.88. The van der Waals surface area contributed by atoms with Crippen molar-refractivity contribution in [3.63, 3.8) is 0 Å². The molecule has 2 amide bonds. The molecular formula is C19H19FN2O2S. The van der Waals surface area contributed by atoms with Crippen molar-refractivity contribution in [1.82, 2.24) is 0 Å². The van der Waals surface area contributed by atoms with Crippen molar-refractivity contribution in [3.8, 4) is 0 Å². The molecule has 2 aromatic carbocycles. The van der Waals surface area contributed by atoms with Crippen LogP contribution in [0.5, 0.6) is 0 Å². The van der Waals surface area contributed by atoms with Crippen LogP contribution in [0.3, 0.4) is 0 Å². The standard InChI is InChI=1S/C19H19FN2O2S/c1-12(18(23)22-17-5-3-2-4-16(17)20)25-15-10-8-14(9-11-15)21-19(24)13-6-7-13/h2-5,8-13H,6-7H2,1H3,(H,21,24)(H,22,23). The maximum absolute atomic E-state index is 13.6. The molecule has 0 aliphatic heterocycles. The second-order valence-corrected chi connectivity index (χ2v) is 7.43. The number of para-hydroxylation sites is 1. The Labute approximate surface area is 150 Å². The molecule has 3 rings (SSSR count). The molecular weight excluding hydrogens is 339 g/mol. The van der Waals surface area contributed by atoms with E-state index in [2.05, 4.69) is 10.6 Å². The summed E-state index contributed by atoms with van der Waals surface area (Å²) >= 11 is 1.38. The molecule has 1 aliphatic carbocycles. The zero-order valence-corrected chi connectivity index (χ0v) is 14.6. The molecule has 0 saturated heterocycles. The van der Waals surface area contributed by atoms with Crippen LogP contribution in [0.25, 0.3) is 0 Å². The number of halogens is 1. The Morgan fingerprint density at radius 2 is 1.76 bits per heavy atom. The van der Waals surface area contributed by atoms with E-state index in [1.54, 1.807) is 19.1 Å². The first-order valence-electron chi connectivity index (χ1n) is 8.16. The Kier molecular flexibility index (Phi) is 5.38. The van der Waals surface area contributed by atoms with Gasteiger partial charge in [-0.3, -0.25) is 9.59 Å². The third-order valence-corrected chi connectivity index (χ3v) is 5.00. The van der Waals surface area contributed by atoms with E-state index in [1.807, 2.05) is 24.3 Å². The largest absolute Gasteiger partial charge is 0.326 e. The average molecular weight is 358 g/mol. The van der Waals surface area contributed by atoms with E-state index in [9.17, 15) is 14.0 Å². The van der Waals surface area contributed by atoms with E-state index < -0.39 is 5.82 Å². The number of benzene rings is 2. The van der Waals surface area contributed by atoms with Crippen LogP contribution >= 0.6 is 11.8 Å².